The van der Waals surface area contributed by atoms with Gasteiger partial charge in [-0.05, 0) is 49.9 Å². The summed E-state index contributed by atoms with van der Waals surface area (Å²) in [5.74, 6) is 2.86. The first-order valence-corrected chi connectivity index (χ1v) is 12.2. The van der Waals surface area contributed by atoms with Crippen molar-refractivity contribution in [1.82, 2.24) is 15.4 Å². The number of piperidine rings is 1. The molecule has 0 saturated carbocycles. The molecule has 1 aromatic carbocycles. The van der Waals surface area contributed by atoms with E-state index in [9.17, 15) is 4.79 Å². The number of nitrogens with zero attached hydrogens (tertiary/aromatic N) is 3. The largest absolute Gasteiger partial charge is 0.495 e. The van der Waals surface area contributed by atoms with Crippen molar-refractivity contribution in [2.45, 2.75) is 45.4 Å². The molecular weight excluding hydrogens is 416 g/mol. The highest BCUT2D eigenvalue weighted by atomic mass is 16.5. The maximum atomic E-state index is 13.2. The van der Waals surface area contributed by atoms with Crippen LogP contribution in [0, 0.1) is 11.8 Å². The number of carbonyl (C=O) groups excluding carboxylic acids is 1. The predicted octanol–water partition coefficient (Wildman–Crippen LogP) is 3.49. The second kappa shape index (κ2) is 10.2. The molecule has 0 bridgehead atoms. The fraction of sp³-hybridized carbons (Fsp3) is 0.615. The van der Waals surface area contributed by atoms with Crippen molar-refractivity contribution < 1.29 is 14.1 Å². The number of rotatable bonds is 6. The van der Waals surface area contributed by atoms with Gasteiger partial charge in [0.2, 0.25) is 5.91 Å². The number of nitrogens with one attached hydrogen (secondary N) is 1. The summed E-state index contributed by atoms with van der Waals surface area (Å²) in [5, 5.41) is 7.83. The maximum absolute atomic E-state index is 13.2. The number of hydrogen-bond acceptors (Lipinski definition) is 6. The fourth-order valence-corrected chi connectivity index (χ4v) is 4.96. The molecule has 7 heteroatoms. The van der Waals surface area contributed by atoms with Crippen LogP contribution in [0.15, 0.2) is 34.9 Å². The summed E-state index contributed by atoms with van der Waals surface area (Å²) in [4.78, 5) is 17.5. The van der Waals surface area contributed by atoms with Gasteiger partial charge in [0, 0.05) is 44.1 Å². The van der Waals surface area contributed by atoms with Crippen molar-refractivity contribution >= 4 is 11.6 Å². The van der Waals surface area contributed by atoms with Gasteiger partial charge in [-0.3, -0.25) is 4.79 Å². The molecular formula is C26H38N4O3. The zero-order chi connectivity index (χ0) is 23.4. The van der Waals surface area contributed by atoms with Crippen molar-refractivity contribution in [2.75, 3.05) is 51.3 Å². The Bertz CT molecular complexity index is 928. The van der Waals surface area contributed by atoms with Crippen LogP contribution in [-0.4, -0.2) is 62.3 Å². The average molecular weight is 455 g/mol. The molecule has 3 heterocycles. The van der Waals surface area contributed by atoms with Crippen LogP contribution in [0.2, 0.25) is 0 Å². The molecule has 2 aromatic rings. The third-order valence-corrected chi connectivity index (χ3v) is 7.03. The molecule has 0 radical (unpaired) electrons. The Morgan fingerprint density at radius 1 is 1.18 bits per heavy atom. The van der Waals surface area contributed by atoms with E-state index in [4.69, 9.17) is 9.26 Å². The smallest absolute Gasteiger partial charge is 0.222 e. The number of para-hydroxylation sites is 2. The monoisotopic (exact) mass is 454 g/mol. The van der Waals surface area contributed by atoms with E-state index in [1.54, 1.807) is 7.11 Å². The average Bonchev–Trinajstić information content (AvgIpc) is 3.30. The van der Waals surface area contributed by atoms with Crippen molar-refractivity contribution in [1.29, 1.82) is 0 Å². The molecule has 2 aliphatic heterocycles. The van der Waals surface area contributed by atoms with Crippen LogP contribution >= 0.6 is 0 Å². The van der Waals surface area contributed by atoms with Gasteiger partial charge in [0.15, 0.2) is 0 Å². The molecule has 4 rings (SSSR count). The summed E-state index contributed by atoms with van der Waals surface area (Å²) in [6.45, 7) is 11.5. The van der Waals surface area contributed by atoms with Gasteiger partial charge in [-0.15, -0.1) is 0 Å². The predicted molar refractivity (Wildman–Crippen MR) is 130 cm³/mol. The summed E-state index contributed by atoms with van der Waals surface area (Å²) in [7, 11) is 1.71. The number of piperazine rings is 1. The van der Waals surface area contributed by atoms with Gasteiger partial charge in [0.05, 0.1) is 18.5 Å². The molecule has 1 N–H and O–H groups in total. The molecule has 0 aliphatic carbocycles. The normalized spacial score (nSPS) is 21.8. The molecule has 2 atom stereocenters. The van der Waals surface area contributed by atoms with E-state index in [0.29, 0.717) is 18.3 Å². The quantitative estimate of drug-likeness (QED) is 0.721. The Hall–Kier alpha value is -2.54. The Morgan fingerprint density at radius 2 is 1.94 bits per heavy atom. The van der Waals surface area contributed by atoms with Gasteiger partial charge in [-0.2, -0.15) is 0 Å². The van der Waals surface area contributed by atoms with E-state index >= 15 is 0 Å². The van der Waals surface area contributed by atoms with Gasteiger partial charge < -0.3 is 24.4 Å². The first-order chi connectivity index (χ1) is 15.8. The van der Waals surface area contributed by atoms with E-state index in [-0.39, 0.29) is 11.3 Å². The second-order valence-corrected chi connectivity index (χ2v) is 10.4. The minimum atomic E-state index is -0.0443. The van der Waals surface area contributed by atoms with E-state index in [0.717, 1.165) is 75.0 Å². The number of benzene rings is 1. The lowest BCUT2D eigenvalue weighted by Crippen LogP contribution is -2.50. The number of anilines is 1. The van der Waals surface area contributed by atoms with Crippen molar-refractivity contribution in [3.63, 3.8) is 0 Å². The van der Waals surface area contributed by atoms with Crippen LogP contribution in [0.25, 0.3) is 0 Å². The van der Waals surface area contributed by atoms with Crippen molar-refractivity contribution in [3.8, 4) is 5.75 Å². The minimum Gasteiger partial charge on any atom is -0.495 e. The van der Waals surface area contributed by atoms with Gasteiger partial charge in [0.25, 0.3) is 0 Å². The lowest BCUT2D eigenvalue weighted by atomic mass is 9.80. The number of methoxy groups -OCH3 is 1. The van der Waals surface area contributed by atoms with Crippen LogP contribution in [0.3, 0.4) is 0 Å². The Balaban J connectivity index is 1.33. The van der Waals surface area contributed by atoms with Crippen molar-refractivity contribution in [3.05, 3.63) is 41.8 Å². The number of amides is 1. The fourth-order valence-electron chi connectivity index (χ4n) is 4.96. The van der Waals surface area contributed by atoms with Gasteiger partial charge in [0.1, 0.15) is 11.5 Å². The number of ether oxygens (including phenoxy) is 1. The molecule has 2 fully saturated rings. The topological polar surface area (TPSA) is 70.8 Å². The van der Waals surface area contributed by atoms with Crippen LogP contribution in [-0.2, 0) is 16.6 Å². The summed E-state index contributed by atoms with van der Waals surface area (Å²) < 4.78 is 11.1. The molecule has 33 heavy (non-hydrogen) atoms. The van der Waals surface area contributed by atoms with Crippen molar-refractivity contribution in [2.24, 2.45) is 11.8 Å². The second-order valence-electron chi connectivity index (χ2n) is 10.4. The Kier molecular flexibility index (Phi) is 7.27. The van der Waals surface area contributed by atoms with Crippen LogP contribution in [0.4, 0.5) is 5.69 Å². The zero-order valence-electron chi connectivity index (χ0n) is 20.5. The molecule has 180 valence electrons. The van der Waals surface area contributed by atoms with Crippen LogP contribution in [0.5, 0.6) is 5.75 Å². The number of carbonyl (C=O) groups is 1. The molecule has 0 spiro atoms. The van der Waals surface area contributed by atoms with Gasteiger partial charge in [-0.1, -0.05) is 38.1 Å². The number of hydrogen-bond donors (Lipinski definition) is 1. The Labute approximate surface area is 197 Å². The van der Waals surface area contributed by atoms with Crippen LogP contribution < -0.4 is 15.0 Å². The molecule has 0 unspecified atom stereocenters. The highest BCUT2D eigenvalue weighted by Crippen LogP contribution is 2.31. The van der Waals surface area contributed by atoms with E-state index in [1.165, 1.54) is 0 Å². The van der Waals surface area contributed by atoms with E-state index in [2.05, 4.69) is 48.3 Å². The molecule has 7 nitrogen and oxygen atoms in total. The zero-order valence-corrected chi connectivity index (χ0v) is 20.5. The summed E-state index contributed by atoms with van der Waals surface area (Å²) >= 11 is 0. The lowest BCUT2D eigenvalue weighted by Gasteiger charge is -2.38. The minimum absolute atomic E-state index is 0.0443. The molecule has 2 saturated heterocycles. The van der Waals surface area contributed by atoms with Gasteiger partial charge in [-0.25, -0.2) is 0 Å². The number of aromatic nitrogens is 1. The first kappa shape index (κ1) is 23.6. The standard InChI is InChI=1S/C26H38N4O3/c1-26(2,3)24-17-21(28-33-24)15-20-18-27-10-9-19(20)16-25(31)30-13-11-29(12-14-30)22-7-5-6-8-23(22)32-4/h5-8,17,19-20,27H,9-16,18H2,1-4H3/t19-,20+/m0/s1. The summed E-state index contributed by atoms with van der Waals surface area (Å²) in [6, 6.07) is 10.2. The lowest BCUT2D eigenvalue weighted by molar-refractivity contribution is -0.133. The summed E-state index contributed by atoms with van der Waals surface area (Å²) in [6.07, 6.45) is 2.50. The third-order valence-electron chi connectivity index (χ3n) is 7.03. The summed E-state index contributed by atoms with van der Waals surface area (Å²) in [5.41, 5.74) is 2.06. The van der Waals surface area contributed by atoms with E-state index < -0.39 is 0 Å². The maximum Gasteiger partial charge on any atom is 0.222 e. The first-order valence-electron chi connectivity index (χ1n) is 12.2. The Morgan fingerprint density at radius 3 is 2.64 bits per heavy atom. The molecule has 2 aliphatic rings. The third kappa shape index (κ3) is 5.69. The highest BCUT2D eigenvalue weighted by molar-refractivity contribution is 5.77. The highest BCUT2D eigenvalue weighted by Gasteiger charge is 2.31. The molecule has 1 amide bonds. The molecule has 1 aromatic heterocycles. The van der Waals surface area contributed by atoms with Crippen LogP contribution in [0.1, 0.15) is 45.1 Å². The van der Waals surface area contributed by atoms with E-state index in [1.807, 2.05) is 23.1 Å². The van der Waals surface area contributed by atoms with Gasteiger partial charge >= 0.3 is 0 Å². The SMILES string of the molecule is COc1ccccc1N1CCN(C(=O)C[C@@H]2CCNC[C@H]2Cc2cc(C(C)(C)C)on2)CC1.